The van der Waals surface area contributed by atoms with Crippen molar-refractivity contribution in [2.45, 2.75) is 31.7 Å². The Hall–Kier alpha value is -1.02. The molecule has 0 aromatic rings. The number of aliphatic hydroxyl groups is 1. The first-order valence-corrected chi connectivity index (χ1v) is 6.16. The summed E-state index contributed by atoms with van der Waals surface area (Å²) >= 11 is 0. The number of likely N-dealkylation sites (tertiary alicyclic amines) is 1. The van der Waals surface area contributed by atoms with E-state index >= 15 is 0 Å². The molecule has 0 aromatic heterocycles. The number of urea groups is 1. The Bertz CT molecular complexity index is 310. The van der Waals surface area contributed by atoms with Crippen LogP contribution in [0.1, 0.15) is 13.3 Å². The van der Waals surface area contributed by atoms with E-state index in [4.69, 9.17) is 5.11 Å². The molecule has 0 aromatic carbocycles. The topological polar surface area (TPSA) is 55.8 Å². The van der Waals surface area contributed by atoms with Crippen molar-refractivity contribution < 1.29 is 23.1 Å². The molecule has 112 valence electrons. The highest BCUT2D eigenvalue weighted by molar-refractivity contribution is 5.74. The van der Waals surface area contributed by atoms with Crippen LogP contribution in [0, 0.1) is 0 Å². The quantitative estimate of drug-likeness (QED) is 0.796. The van der Waals surface area contributed by atoms with Crippen LogP contribution < -0.4 is 5.32 Å². The Morgan fingerprint density at radius 1 is 1.58 bits per heavy atom. The van der Waals surface area contributed by atoms with Gasteiger partial charge in [0.15, 0.2) is 0 Å². The summed E-state index contributed by atoms with van der Waals surface area (Å²) < 4.78 is 36.6. The van der Waals surface area contributed by atoms with Gasteiger partial charge in [0.2, 0.25) is 0 Å². The monoisotopic (exact) mass is 283 g/mol. The number of rotatable bonds is 4. The Morgan fingerprint density at radius 3 is 2.74 bits per heavy atom. The summed E-state index contributed by atoms with van der Waals surface area (Å²) in [6, 6.07) is -0.647. The number of hydrogen-bond acceptors (Lipinski definition) is 3. The number of alkyl halides is 3. The lowest BCUT2D eigenvalue weighted by Crippen LogP contribution is -2.46. The average Bonchev–Trinajstić information content (AvgIpc) is 2.61. The van der Waals surface area contributed by atoms with Crippen LogP contribution in [0.3, 0.4) is 0 Å². The number of carbonyl (C=O) groups excluding carboxylic acids is 1. The molecule has 2 atom stereocenters. The average molecular weight is 283 g/mol. The van der Waals surface area contributed by atoms with Gasteiger partial charge in [0.1, 0.15) is 0 Å². The van der Waals surface area contributed by atoms with Gasteiger partial charge in [-0.25, -0.2) is 4.79 Å². The fraction of sp³-hybridized carbons (Fsp3) is 0.909. The van der Waals surface area contributed by atoms with Crippen molar-refractivity contribution in [1.82, 2.24) is 15.1 Å². The summed E-state index contributed by atoms with van der Waals surface area (Å²) in [6.07, 6.45) is -4.34. The van der Waals surface area contributed by atoms with E-state index in [-0.39, 0.29) is 25.2 Å². The van der Waals surface area contributed by atoms with E-state index in [1.165, 1.54) is 16.8 Å². The predicted molar refractivity (Wildman–Crippen MR) is 63.7 cm³/mol. The molecule has 1 fully saturated rings. The van der Waals surface area contributed by atoms with Crippen LogP contribution in [-0.2, 0) is 0 Å². The van der Waals surface area contributed by atoms with Crippen molar-refractivity contribution in [3.05, 3.63) is 0 Å². The molecule has 19 heavy (non-hydrogen) atoms. The third-order valence-electron chi connectivity index (χ3n) is 2.89. The maximum Gasteiger partial charge on any atom is 0.401 e. The van der Waals surface area contributed by atoms with Crippen LogP contribution in [0.5, 0.6) is 0 Å². The van der Waals surface area contributed by atoms with Crippen molar-refractivity contribution in [1.29, 1.82) is 0 Å². The normalized spacial score (nSPS) is 22.3. The van der Waals surface area contributed by atoms with Gasteiger partial charge >= 0.3 is 12.2 Å². The Balaban J connectivity index is 2.34. The van der Waals surface area contributed by atoms with Crippen molar-refractivity contribution in [3.63, 3.8) is 0 Å². The lowest BCUT2D eigenvalue weighted by molar-refractivity contribution is -0.143. The second-order valence-electron chi connectivity index (χ2n) is 5.01. The first-order chi connectivity index (χ1) is 8.67. The maximum absolute atomic E-state index is 12.2. The van der Waals surface area contributed by atoms with Crippen molar-refractivity contribution >= 4 is 6.03 Å². The van der Waals surface area contributed by atoms with E-state index in [0.717, 1.165) is 0 Å². The highest BCUT2D eigenvalue weighted by Gasteiger charge is 2.34. The molecule has 1 heterocycles. The third-order valence-corrected chi connectivity index (χ3v) is 2.89. The minimum Gasteiger partial charge on any atom is -0.392 e. The summed E-state index contributed by atoms with van der Waals surface area (Å²) in [7, 11) is 1.53. The molecule has 2 N–H and O–H groups in total. The van der Waals surface area contributed by atoms with E-state index in [1.807, 2.05) is 0 Å². The second kappa shape index (κ2) is 6.42. The molecule has 1 aliphatic rings. The van der Waals surface area contributed by atoms with Crippen molar-refractivity contribution in [2.24, 2.45) is 0 Å². The second-order valence-corrected chi connectivity index (χ2v) is 5.01. The first-order valence-electron chi connectivity index (χ1n) is 6.16. The number of aliphatic hydroxyl groups excluding tert-OH is 1. The van der Waals surface area contributed by atoms with E-state index in [1.54, 1.807) is 6.92 Å². The molecule has 1 aliphatic heterocycles. The molecule has 0 saturated carbocycles. The summed E-state index contributed by atoms with van der Waals surface area (Å²) in [6.45, 7) is 1.33. The van der Waals surface area contributed by atoms with Crippen LogP contribution >= 0.6 is 0 Å². The SMILES string of the molecule is CC(O)CN(C)C(=O)NC1CCN(CC(F)(F)F)C1. The van der Waals surface area contributed by atoms with Crippen LogP contribution in [0.4, 0.5) is 18.0 Å². The summed E-state index contributed by atoms with van der Waals surface area (Å²) in [5.74, 6) is 0. The third kappa shape index (κ3) is 6.11. The molecule has 0 bridgehead atoms. The molecule has 0 radical (unpaired) electrons. The number of nitrogens with one attached hydrogen (secondary N) is 1. The smallest absolute Gasteiger partial charge is 0.392 e. The molecular formula is C11H20F3N3O2. The number of amides is 2. The molecule has 8 heteroatoms. The maximum atomic E-state index is 12.2. The number of likely N-dealkylation sites (N-methyl/N-ethyl adjacent to an activating group) is 1. The van der Waals surface area contributed by atoms with Crippen LogP contribution in [0.25, 0.3) is 0 Å². The van der Waals surface area contributed by atoms with Gasteiger partial charge in [-0.3, -0.25) is 4.90 Å². The lowest BCUT2D eigenvalue weighted by Gasteiger charge is -2.22. The Kier molecular flexibility index (Phi) is 5.42. The number of nitrogens with zero attached hydrogens (tertiary/aromatic N) is 2. The van der Waals surface area contributed by atoms with Gasteiger partial charge in [-0.1, -0.05) is 0 Å². The molecule has 1 rings (SSSR count). The lowest BCUT2D eigenvalue weighted by atomic mass is 10.3. The fourth-order valence-electron chi connectivity index (χ4n) is 2.11. The largest absolute Gasteiger partial charge is 0.401 e. The zero-order chi connectivity index (χ0) is 14.6. The molecule has 2 amide bonds. The highest BCUT2D eigenvalue weighted by Crippen LogP contribution is 2.19. The summed E-state index contributed by atoms with van der Waals surface area (Å²) in [5.41, 5.74) is 0. The van der Waals surface area contributed by atoms with Gasteiger partial charge in [0, 0.05) is 32.7 Å². The zero-order valence-corrected chi connectivity index (χ0v) is 11.1. The standard InChI is InChI=1S/C11H20F3N3O2/c1-8(18)5-16(2)10(19)15-9-3-4-17(6-9)7-11(12,13)14/h8-9,18H,3-7H2,1-2H3,(H,15,19). The van der Waals surface area contributed by atoms with E-state index in [9.17, 15) is 18.0 Å². The van der Waals surface area contributed by atoms with Crippen molar-refractivity contribution in [2.75, 3.05) is 33.2 Å². The van der Waals surface area contributed by atoms with Crippen LogP contribution in [0.15, 0.2) is 0 Å². The van der Waals surface area contributed by atoms with Gasteiger partial charge in [0.25, 0.3) is 0 Å². The van der Waals surface area contributed by atoms with Gasteiger partial charge in [-0.2, -0.15) is 13.2 Å². The van der Waals surface area contributed by atoms with Gasteiger partial charge in [-0.15, -0.1) is 0 Å². The van der Waals surface area contributed by atoms with Gasteiger partial charge < -0.3 is 15.3 Å². The van der Waals surface area contributed by atoms with E-state index < -0.39 is 18.8 Å². The van der Waals surface area contributed by atoms with E-state index in [2.05, 4.69) is 5.32 Å². The predicted octanol–water partition coefficient (Wildman–Crippen LogP) is 0.645. The molecule has 0 spiro atoms. The van der Waals surface area contributed by atoms with Crippen LogP contribution in [-0.4, -0.2) is 72.5 Å². The first kappa shape index (κ1) is 16.0. The minimum atomic E-state index is -4.21. The fourth-order valence-corrected chi connectivity index (χ4v) is 2.11. The Labute approximate surface area is 110 Å². The van der Waals surface area contributed by atoms with Gasteiger partial charge in [-0.05, 0) is 13.3 Å². The van der Waals surface area contributed by atoms with Gasteiger partial charge in [0.05, 0.1) is 12.6 Å². The Morgan fingerprint density at radius 2 is 2.21 bits per heavy atom. The number of carbonyl (C=O) groups is 1. The minimum absolute atomic E-state index is 0.185. The molecule has 1 saturated heterocycles. The van der Waals surface area contributed by atoms with Crippen LogP contribution in [0.2, 0.25) is 0 Å². The van der Waals surface area contributed by atoms with E-state index in [0.29, 0.717) is 13.0 Å². The molecule has 0 aliphatic carbocycles. The molecular weight excluding hydrogens is 263 g/mol. The molecule has 5 nitrogen and oxygen atoms in total. The summed E-state index contributed by atoms with van der Waals surface area (Å²) in [4.78, 5) is 14.3. The summed E-state index contributed by atoms with van der Waals surface area (Å²) in [5, 5.41) is 11.8. The zero-order valence-electron chi connectivity index (χ0n) is 11.1. The molecule has 2 unspecified atom stereocenters. The highest BCUT2D eigenvalue weighted by atomic mass is 19.4. The van der Waals surface area contributed by atoms with Crippen molar-refractivity contribution in [3.8, 4) is 0 Å². The number of hydrogen-bond donors (Lipinski definition) is 2. The number of halogens is 3.